The number of benzene rings is 2. The molecule has 1 aliphatic rings. The van der Waals surface area contributed by atoms with Gasteiger partial charge in [-0.2, -0.15) is 0 Å². The third-order valence-corrected chi connectivity index (χ3v) is 4.79. The summed E-state index contributed by atoms with van der Waals surface area (Å²) in [6.07, 6.45) is -0.467. The molecule has 0 aliphatic carbocycles. The molecule has 0 spiro atoms. The monoisotopic (exact) mass is 338 g/mol. The number of hydrogen-bond donors (Lipinski definition) is 0. The van der Waals surface area contributed by atoms with E-state index >= 15 is 0 Å². The molecule has 3 rings (SSSR count). The van der Waals surface area contributed by atoms with E-state index in [9.17, 15) is 4.79 Å². The summed E-state index contributed by atoms with van der Waals surface area (Å²) in [5.41, 5.74) is 3.59. The molecule has 0 bridgehead atoms. The van der Waals surface area contributed by atoms with Crippen LogP contribution < -0.4 is 9.64 Å². The van der Waals surface area contributed by atoms with Crippen molar-refractivity contribution in [2.75, 3.05) is 31.1 Å². The van der Waals surface area contributed by atoms with E-state index in [0.717, 1.165) is 37.5 Å². The summed E-state index contributed by atoms with van der Waals surface area (Å²) < 4.78 is 5.89. The summed E-state index contributed by atoms with van der Waals surface area (Å²) in [5, 5.41) is 0. The first-order valence-electron chi connectivity index (χ1n) is 8.88. The predicted molar refractivity (Wildman–Crippen MR) is 101 cm³/mol. The van der Waals surface area contributed by atoms with Crippen molar-refractivity contribution in [2.45, 2.75) is 26.9 Å². The molecule has 1 amide bonds. The summed E-state index contributed by atoms with van der Waals surface area (Å²) in [4.78, 5) is 17.0. The Balaban J connectivity index is 1.58. The number of piperazine rings is 1. The van der Waals surface area contributed by atoms with Crippen LogP contribution in [0.2, 0.25) is 0 Å². The van der Waals surface area contributed by atoms with Crippen molar-refractivity contribution < 1.29 is 9.53 Å². The SMILES string of the molecule is Cc1ccccc1OC(C)C(=O)N1CCN(c2ccccc2C)CC1. The Kier molecular flexibility index (Phi) is 5.27. The van der Waals surface area contributed by atoms with Crippen LogP contribution in [-0.2, 0) is 4.79 Å². The summed E-state index contributed by atoms with van der Waals surface area (Å²) in [6, 6.07) is 16.2. The normalized spacial score (nSPS) is 15.8. The van der Waals surface area contributed by atoms with Crippen molar-refractivity contribution in [3.8, 4) is 5.75 Å². The molecule has 0 N–H and O–H groups in total. The average molecular weight is 338 g/mol. The number of aryl methyl sites for hydroxylation is 2. The van der Waals surface area contributed by atoms with E-state index in [2.05, 4.69) is 36.1 Å². The molecule has 0 saturated carbocycles. The Morgan fingerprint density at radius 3 is 2.16 bits per heavy atom. The molecule has 1 saturated heterocycles. The zero-order valence-corrected chi connectivity index (χ0v) is 15.2. The molecule has 132 valence electrons. The van der Waals surface area contributed by atoms with Gasteiger partial charge in [0.1, 0.15) is 5.75 Å². The average Bonchev–Trinajstić information content (AvgIpc) is 2.63. The van der Waals surface area contributed by atoms with Gasteiger partial charge in [0.2, 0.25) is 0 Å². The van der Waals surface area contributed by atoms with Gasteiger partial charge in [-0.15, -0.1) is 0 Å². The molecule has 1 fully saturated rings. The third-order valence-electron chi connectivity index (χ3n) is 4.79. The number of para-hydroxylation sites is 2. The number of ether oxygens (including phenoxy) is 1. The lowest BCUT2D eigenvalue weighted by Crippen LogP contribution is -2.52. The Bertz CT molecular complexity index is 736. The minimum Gasteiger partial charge on any atom is -0.481 e. The van der Waals surface area contributed by atoms with E-state index < -0.39 is 6.10 Å². The third kappa shape index (κ3) is 3.95. The highest BCUT2D eigenvalue weighted by molar-refractivity contribution is 5.81. The first-order chi connectivity index (χ1) is 12.1. The van der Waals surface area contributed by atoms with Gasteiger partial charge < -0.3 is 14.5 Å². The molecule has 0 aromatic heterocycles. The minimum absolute atomic E-state index is 0.0627. The second-order valence-corrected chi connectivity index (χ2v) is 6.62. The molecule has 1 heterocycles. The topological polar surface area (TPSA) is 32.8 Å². The second-order valence-electron chi connectivity index (χ2n) is 6.62. The van der Waals surface area contributed by atoms with E-state index in [1.54, 1.807) is 0 Å². The highest BCUT2D eigenvalue weighted by Gasteiger charge is 2.26. The summed E-state index contributed by atoms with van der Waals surface area (Å²) in [6.45, 7) is 9.13. The molecular weight excluding hydrogens is 312 g/mol. The molecule has 25 heavy (non-hydrogen) atoms. The number of amides is 1. The van der Waals surface area contributed by atoms with Crippen LogP contribution in [0.4, 0.5) is 5.69 Å². The van der Waals surface area contributed by atoms with Gasteiger partial charge in [0.05, 0.1) is 0 Å². The fourth-order valence-electron chi connectivity index (χ4n) is 3.27. The van der Waals surface area contributed by atoms with Crippen molar-refractivity contribution >= 4 is 11.6 Å². The minimum atomic E-state index is -0.467. The number of nitrogens with zero attached hydrogens (tertiary/aromatic N) is 2. The maximum absolute atomic E-state index is 12.7. The quantitative estimate of drug-likeness (QED) is 0.856. The van der Waals surface area contributed by atoms with Crippen molar-refractivity contribution in [2.24, 2.45) is 0 Å². The summed E-state index contributed by atoms with van der Waals surface area (Å²) in [5.74, 6) is 0.842. The van der Waals surface area contributed by atoms with Gasteiger partial charge in [0.25, 0.3) is 5.91 Å². The smallest absolute Gasteiger partial charge is 0.263 e. The Labute approximate surface area is 150 Å². The van der Waals surface area contributed by atoms with Crippen LogP contribution in [0.1, 0.15) is 18.1 Å². The first-order valence-corrected chi connectivity index (χ1v) is 8.88. The van der Waals surface area contributed by atoms with Crippen LogP contribution >= 0.6 is 0 Å². The predicted octanol–water partition coefficient (Wildman–Crippen LogP) is 3.42. The lowest BCUT2D eigenvalue weighted by atomic mass is 10.1. The Morgan fingerprint density at radius 2 is 1.52 bits per heavy atom. The summed E-state index contributed by atoms with van der Waals surface area (Å²) in [7, 11) is 0. The molecule has 1 atom stereocenters. The van der Waals surface area contributed by atoms with Crippen molar-refractivity contribution in [3.05, 3.63) is 59.7 Å². The van der Waals surface area contributed by atoms with E-state index in [1.165, 1.54) is 11.3 Å². The number of anilines is 1. The summed E-state index contributed by atoms with van der Waals surface area (Å²) >= 11 is 0. The molecule has 2 aromatic rings. The fourth-order valence-corrected chi connectivity index (χ4v) is 3.27. The molecule has 1 unspecified atom stereocenters. The maximum atomic E-state index is 12.7. The van der Waals surface area contributed by atoms with Crippen LogP contribution in [0.15, 0.2) is 48.5 Å². The van der Waals surface area contributed by atoms with Crippen LogP contribution in [0.5, 0.6) is 5.75 Å². The molecule has 1 aliphatic heterocycles. The zero-order chi connectivity index (χ0) is 17.8. The number of hydrogen-bond acceptors (Lipinski definition) is 3. The lowest BCUT2D eigenvalue weighted by Gasteiger charge is -2.37. The number of rotatable bonds is 4. The van der Waals surface area contributed by atoms with Crippen LogP contribution in [-0.4, -0.2) is 43.1 Å². The molecular formula is C21H26N2O2. The maximum Gasteiger partial charge on any atom is 0.263 e. The standard InChI is InChI=1S/C21H26N2O2/c1-16-8-4-6-10-19(16)22-12-14-23(15-13-22)21(24)18(3)25-20-11-7-5-9-17(20)2/h4-11,18H,12-15H2,1-3H3. The largest absolute Gasteiger partial charge is 0.481 e. The molecule has 2 aromatic carbocycles. The molecule has 0 radical (unpaired) electrons. The molecule has 4 heteroatoms. The first kappa shape index (κ1) is 17.3. The van der Waals surface area contributed by atoms with Gasteiger partial charge in [-0.25, -0.2) is 0 Å². The van der Waals surface area contributed by atoms with Gasteiger partial charge in [0.15, 0.2) is 6.10 Å². The van der Waals surface area contributed by atoms with Crippen molar-refractivity contribution in [3.63, 3.8) is 0 Å². The van der Waals surface area contributed by atoms with Gasteiger partial charge in [-0.3, -0.25) is 4.79 Å². The van der Waals surface area contributed by atoms with E-state index in [4.69, 9.17) is 4.74 Å². The number of carbonyl (C=O) groups excluding carboxylic acids is 1. The highest BCUT2D eigenvalue weighted by atomic mass is 16.5. The van der Waals surface area contributed by atoms with Gasteiger partial charge in [0, 0.05) is 31.9 Å². The van der Waals surface area contributed by atoms with E-state index in [0.29, 0.717) is 0 Å². The van der Waals surface area contributed by atoms with Crippen molar-refractivity contribution in [1.82, 2.24) is 4.90 Å². The van der Waals surface area contributed by atoms with Gasteiger partial charge in [-0.05, 0) is 44.0 Å². The van der Waals surface area contributed by atoms with E-state index in [1.807, 2.05) is 43.0 Å². The van der Waals surface area contributed by atoms with Gasteiger partial charge >= 0.3 is 0 Å². The lowest BCUT2D eigenvalue weighted by molar-refractivity contribution is -0.138. The second kappa shape index (κ2) is 7.60. The Morgan fingerprint density at radius 1 is 0.920 bits per heavy atom. The van der Waals surface area contributed by atoms with E-state index in [-0.39, 0.29) is 5.91 Å². The zero-order valence-electron chi connectivity index (χ0n) is 15.2. The van der Waals surface area contributed by atoms with Crippen LogP contribution in [0.3, 0.4) is 0 Å². The van der Waals surface area contributed by atoms with Crippen LogP contribution in [0.25, 0.3) is 0 Å². The van der Waals surface area contributed by atoms with Crippen LogP contribution in [0, 0.1) is 13.8 Å². The fraction of sp³-hybridized carbons (Fsp3) is 0.381. The molecule has 4 nitrogen and oxygen atoms in total. The van der Waals surface area contributed by atoms with Gasteiger partial charge in [-0.1, -0.05) is 36.4 Å². The number of carbonyl (C=O) groups is 1. The Hall–Kier alpha value is -2.49. The highest BCUT2D eigenvalue weighted by Crippen LogP contribution is 2.22. The van der Waals surface area contributed by atoms with Crippen molar-refractivity contribution in [1.29, 1.82) is 0 Å².